The molecule has 0 amide bonds. The maximum absolute atomic E-state index is 10.7. The van der Waals surface area contributed by atoms with Crippen LogP contribution in [0.4, 0.5) is 0 Å². The fourth-order valence-electron chi connectivity index (χ4n) is 1.07. The third-order valence-corrected chi connectivity index (χ3v) is 2.54. The smallest absolute Gasteiger partial charge is 0.335 e. The first-order valence-electron chi connectivity index (χ1n) is 4.57. The Kier molecular flexibility index (Phi) is 4.48. The van der Waals surface area contributed by atoms with Crippen LogP contribution < -0.4 is 0 Å². The molecule has 86 valence electrons. The van der Waals surface area contributed by atoms with Crippen LogP contribution in [0.25, 0.3) is 0 Å². The van der Waals surface area contributed by atoms with Gasteiger partial charge in [-0.3, -0.25) is 0 Å². The first kappa shape index (κ1) is 13.6. The Bertz CT molecular complexity index is 290. The fourth-order valence-corrected chi connectivity index (χ4v) is 1.07. The van der Waals surface area contributed by atoms with E-state index in [2.05, 4.69) is 0 Å². The number of rotatable bonds is 5. The van der Waals surface area contributed by atoms with E-state index in [1.807, 2.05) is 0 Å². The molecule has 0 spiro atoms. The van der Waals surface area contributed by atoms with Gasteiger partial charge in [-0.25, -0.2) is 9.59 Å². The van der Waals surface area contributed by atoms with Crippen LogP contribution in [-0.4, -0.2) is 32.9 Å². The van der Waals surface area contributed by atoms with E-state index in [-0.39, 0.29) is 12.0 Å². The number of aliphatic carboxylic acids is 2. The van der Waals surface area contributed by atoms with Crippen LogP contribution in [0.5, 0.6) is 0 Å². The minimum absolute atomic E-state index is 0.0190. The van der Waals surface area contributed by atoms with Gasteiger partial charge in [-0.15, -0.1) is 0 Å². The van der Waals surface area contributed by atoms with Crippen LogP contribution in [0.2, 0.25) is 0 Å². The highest BCUT2D eigenvalue weighted by Crippen LogP contribution is 2.24. The molecule has 0 aromatic carbocycles. The Labute approximate surface area is 88.0 Å². The lowest BCUT2D eigenvalue weighted by molar-refractivity contribution is -0.162. The van der Waals surface area contributed by atoms with Gasteiger partial charge in [0, 0.05) is 5.57 Å². The minimum Gasteiger partial charge on any atom is -0.479 e. The van der Waals surface area contributed by atoms with Crippen molar-refractivity contribution in [2.45, 2.75) is 32.8 Å². The second-order valence-electron chi connectivity index (χ2n) is 3.68. The van der Waals surface area contributed by atoms with E-state index in [4.69, 9.17) is 10.2 Å². The number of carboxylic acid groups (broad SMARTS) is 2. The summed E-state index contributed by atoms with van der Waals surface area (Å²) in [6.07, 6.45) is 1.42. The van der Waals surface area contributed by atoms with Crippen molar-refractivity contribution in [3.8, 4) is 0 Å². The van der Waals surface area contributed by atoms with Crippen LogP contribution in [-0.2, 0) is 9.59 Å². The zero-order valence-electron chi connectivity index (χ0n) is 9.02. The predicted octanol–water partition coefficient (Wildman–Crippen LogP) is 0.879. The number of carbonyl (C=O) groups is 2. The van der Waals surface area contributed by atoms with Crippen LogP contribution >= 0.6 is 0 Å². The van der Waals surface area contributed by atoms with Gasteiger partial charge in [-0.2, -0.15) is 0 Å². The number of carboxylic acids is 2. The Balaban J connectivity index is 4.69. The standard InChI is InChI=1S/C10H16O5/c1-4-7(8(11)12)5-6(2)10(3,15)9(13)14/h4,6,15H,5H2,1-3H3,(H,11,12)(H,13,14)/b7-4-/t6-,10-/m0/s1. The zero-order chi connectivity index (χ0) is 12.2. The fraction of sp³-hybridized carbons (Fsp3) is 0.600. The molecule has 5 nitrogen and oxygen atoms in total. The Hall–Kier alpha value is -1.36. The van der Waals surface area contributed by atoms with E-state index in [1.54, 1.807) is 6.92 Å². The average molecular weight is 216 g/mol. The molecular weight excluding hydrogens is 200 g/mol. The van der Waals surface area contributed by atoms with Gasteiger partial charge in [0.05, 0.1) is 0 Å². The summed E-state index contributed by atoms with van der Waals surface area (Å²) in [5.74, 6) is -3.11. The molecule has 2 atom stereocenters. The highest BCUT2D eigenvalue weighted by molar-refractivity contribution is 5.86. The number of hydrogen-bond acceptors (Lipinski definition) is 3. The maximum atomic E-state index is 10.7. The summed E-state index contributed by atoms with van der Waals surface area (Å²) in [7, 11) is 0. The number of aliphatic hydroxyl groups is 1. The van der Waals surface area contributed by atoms with Gasteiger partial charge in [0.25, 0.3) is 0 Å². The Morgan fingerprint density at radius 3 is 2.13 bits per heavy atom. The Morgan fingerprint density at radius 1 is 1.40 bits per heavy atom. The molecule has 15 heavy (non-hydrogen) atoms. The summed E-state index contributed by atoms with van der Waals surface area (Å²) < 4.78 is 0. The maximum Gasteiger partial charge on any atom is 0.335 e. The molecule has 0 bridgehead atoms. The summed E-state index contributed by atoms with van der Waals surface area (Å²) in [6.45, 7) is 4.22. The number of allylic oxidation sites excluding steroid dienone is 1. The molecule has 0 rings (SSSR count). The van der Waals surface area contributed by atoms with Crippen molar-refractivity contribution in [1.82, 2.24) is 0 Å². The first-order valence-corrected chi connectivity index (χ1v) is 4.57. The molecule has 0 radical (unpaired) electrons. The van der Waals surface area contributed by atoms with Crippen molar-refractivity contribution in [2.24, 2.45) is 5.92 Å². The average Bonchev–Trinajstić information content (AvgIpc) is 2.12. The summed E-state index contributed by atoms with van der Waals surface area (Å²) in [4.78, 5) is 21.4. The molecule has 0 aliphatic heterocycles. The van der Waals surface area contributed by atoms with E-state index in [0.717, 1.165) is 6.92 Å². The van der Waals surface area contributed by atoms with Crippen molar-refractivity contribution < 1.29 is 24.9 Å². The lowest BCUT2D eigenvalue weighted by Crippen LogP contribution is -2.42. The van der Waals surface area contributed by atoms with Crippen molar-refractivity contribution in [2.75, 3.05) is 0 Å². The van der Waals surface area contributed by atoms with Gasteiger partial charge in [0.15, 0.2) is 5.60 Å². The van der Waals surface area contributed by atoms with Gasteiger partial charge in [-0.1, -0.05) is 13.0 Å². The quantitative estimate of drug-likeness (QED) is 0.593. The van der Waals surface area contributed by atoms with Gasteiger partial charge in [0.1, 0.15) is 0 Å². The normalized spacial score (nSPS) is 18.0. The van der Waals surface area contributed by atoms with E-state index in [0.29, 0.717) is 0 Å². The number of hydrogen-bond donors (Lipinski definition) is 3. The molecule has 0 aromatic heterocycles. The summed E-state index contributed by atoms with van der Waals surface area (Å²) >= 11 is 0. The van der Waals surface area contributed by atoms with Crippen molar-refractivity contribution in [3.05, 3.63) is 11.6 Å². The molecule has 5 heteroatoms. The van der Waals surface area contributed by atoms with E-state index < -0.39 is 23.5 Å². The van der Waals surface area contributed by atoms with Gasteiger partial charge in [0.2, 0.25) is 0 Å². The minimum atomic E-state index is -1.91. The van der Waals surface area contributed by atoms with Crippen molar-refractivity contribution in [1.29, 1.82) is 0 Å². The van der Waals surface area contributed by atoms with Gasteiger partial charge < -0.3 is 15.3 Å². The molecule has 0 aliphatic carbocycles. The second-order valence-corrected chi connectivity index (χ2v) is 3.68. The highest BCUT2D eigenvalue weighted by atomic mass is 16.4. The van der Waals surface area contributed by atoms with Gasteiger partial charge in [-0.05, 0) is 26.2 Å². The molecule has 0 aromatic rings. The molecule has 0 unspecified atom stereocenters. The van der Waals surface area contributed by atoms with E-state index >= 15 is 0 Å². The molecule has 0 saturated carbocycles. The van der Waals surface area contributed by atoms with Gasteiger partial charge >= 0.3 is 11.9 Å². The molecule has 0 heterocycles. The highest BCUT2D eigenvalue weighted by Gasteiger charge is 2.37. The lowest BCUT2D eigenvalue weighted by atomic mass is 9.85. The zero-order valence-corrected chi connectivity index (χ0v) is 9.02. The molecule has 0 fully saturated rings. The summed E-state index contributed by atoms with van der Waals surface area (Å²) in [5, 5.41) is 27.0. The van der Waals surface area contributed by atoms with Crippen LogP contribution in [0.3, 0.4) is 0 Å². The van der Waals surface area contributed by atoms with Crippen molar-refractivity contribution in [3.63, 3.8) is 0 Å². The second kappa shape index (κ2) is 4.93. The predicted molar refractivity (Wildman–Crippen MR) is 53.4 cm³/mol. The van der Waals surface area contributed by atoms with Crippen LogP contribution in [0, 0.1) is 5.92 Å². The topological polar surface area (TPSA) is 94.8 Å². The summed E-state index contributed by atoms with van der Waals surface area (Å²) in [5.41, 5.74) is -1.81. The largest absolute Gasteiger partial charge is 0.479 e. The first-order chi connectivity index (χ1) is 6.73. The van der Waals surface area contributed by atoms with Crippen LogP contribution in [0.15, 0.2) is 11.6 Å². The van der Waals surface area contributed by atoms with E-state index in [1.165, 1.54) is 13.0 Å². The third kappa shape index (κ3) is 3.36. The SMILES string of the molecule is C/C=C(/C[C@H](C)[C@](C)(O)C(=O)O)C(=O)O. The molecular formula is C10H16O5. The third-order valence-electron chi connectivity index (χ3n) is 2.54. The molecule has 3 N–H and O–H groups in total. The molecule has 0 saturated heterocycles. The lowest BCUT2D eigenvalue weighted by Gasteiger charge is -2.25. The van der Waals surface area contributed by atoms with Crippen molar-refractivity contribution >= 4 is 11.9 Å². The van der Waals surface area contributed by atoms with E-state index in [9.17, 15) is 14.7 Å². The Morgan fingerprint density at radius 2 is 1.87 bits per heavy atom. The van der Waals surface area contributed by atoms with Crippen LogP contribution in [0.1, 0.15) is 27.2 Å². The monoisotopic (exact) mass is 216 g/mol. The molecule has 0 aliphatic rings. The summed E-state index contributed by atoms with van der Waals surface area (Å²) in [6, 6.07) is 0.